The SMILES string of the molecule is O=C(NCCc1ccsc1)c1cccc(NC(=O)C2CCCO2)c1. The van der Waals surface area contributed by atoms with Gasteiger partial charge in [-0.2, -0.15) is 11.3 Å². The van der Waals surface area contributed by atoms with Crippen molar-refractivity contribution in [3.05, 3.63) is 52.2 Å². The van der Waals surface area contributed by atoms with Crippen LogP contribution in [0, 0.1) is 0 Å². The number of hydrogen-bond donors (Lipinski definition) is 2. The molecular formula is C18H20N2O3S. The van der Waals surface area contributed by atoms with Crippen LogP contribution in [0.15, 0.2) is 41.1 Å². The van der Waals surface area contributed by atoms with Crippen molar-refractivity contribution < 1.29 is 14.3 Å². The Morgan fingerprint density at radius 3 is 2.96 bits per heavy atom. The van der Waals surface area contributed by atoms with Crippen LogP contribution in [0.25, 0.3) is 0 Å². The van der Waals surface area contributed by atoms with Gasteiger partial charge in [-0.05, 0) is 59.9 Å². The first kappa shape index (κ1) is 16.7. The van der Waals surface area contributed by atoms with E-state index < -0.39 is 0 Å². The van der Waals surface area contributed by atoms with Crippen molar-refractivity contribution in [2.45, 2.75) is 25.4 Å². The number of carbonyl (C=O) groups is 2. The average Bonchev–Trinajstić information content (AvgIpc) is 3.29. The lowest BCUT2D eigenvalue weighted by Gasteiger charge is -2.11. The van der Waals surface area contributed by atoms with E-state index in [1.54, 1.807) is 35.6 Å². The highest BCUT2D eigenvalue weighted by Gasteiger charge is 2.23. The fourth-order valence-corrected chi connectivity index (χ4v) is 3.31. The third-order valence-electron chi connectivity index (χ3n) is 3.89. The summed E-state index contributed by atoms with van der Waals surface area (Å²) in [4.78, 5) is 24.3. The van der Waals surface area contributed by atoms with E-state index in [1.807, 2.05) is 5.38 Å². The molecule has 1 aliphatic heterocycles. The molecular weight excluding hydrogens is 324 g/mol. The first-order chi connectivity index (χ1) is 11.7. The number of carbonyl (C=O) groups excluding carboxylic acids is 2. The molecule has 2 amide bonds. The number of hydrogen-bond acceptors (Lipinski definition) is 4. The van der Waals surface area contributed by atoms with Crippen LogP contribution in [0.4, 0.5) is 5.69 Å². The fourth-order valence-electron chi connectivity index (χ4n) is 2.60. The number of ether oxygens (including phenoxy) is 1. The van der Waals surface area contributed by atoms with Gasteiger partial charge in [0.05, 0.1) is 0 Å². The van der Waals surface area contributed by atoms with Gasteiger partial charge in [-0.25, -0.2) is 0 Å². The van der Waals surface area contributed by atoms with Gasteiger partial charge in [-0.1, -0.05) is 6.07 Å². The number of anilines is 1. The van der Waals surface area contributed by atoms with E-state index in [1.165, 1.54) is 5.56 Å². The molecule has 1 unspecified atom stereocenters. The average molecular weight is 344 g/mol. The Morgan fingerprint density at radius 1 is 1.29 bits per heavy atom. The maximum atomic E-state index is 12.2. The van der Waals surface area contributed by atoms with Gasteiger partial charge >= 0.3 is 0 Å². The van der Waals surface area contributed by atoms with Gasteiger partial charge in [0.15, 0.2) is 0 Å². The summed E-state index contributed by atoms with van der Waals surface area (Å²) in [6, 6.07) is 9.01. The maximum absolute atomic E-state index is 12.2. The van der Waals surface area contributed by atoms with E-state index in [4.69, 9.17) is 4.74 Å². The highest BCUT2D eigenvalue weighted by molar-refractivity contribution is 7.07. The zero-order chi connectivity index (χ0) is 16.8. The van der Waals surface area contributed by atoms with Crippen molar-refractivity contribution in [1.29, 1.82) is 0 Å². The molecule has 1 aliphatic rings. The summed E-state index contributed by atoms with van der Waals surface area (Å²) in [6.45, 7) is 1.22. The van der Waals surface area contributed by atoms with Crippen LogP contribution in [0.1, 0.15) is 28.8 Å². The van der Waals surface area contributed by atoms with Gasteiger partial charge < -0.3 is 15.4 Å². The summed E-state index contributed by atoms with van der Waals surface area (Å²) in [6.07, 6.45) is 2.08. The van der Waals surface area contributed by atoms with Crippen molar-refractivity contribution in [2.24, 2.45) is 0 Å². The van der Waals surface area contributed by atoms with Crippen molar-refractivity contribution in [1.82, 2.24) is 5.32 Å². The van der Waals surface area contributed by atoms with Crippen LogP contribution in [-0.2, 0) is 16.0 Å². The third kappa shape index (κ3) is 4.43. The Bertz CT molecular complexity index is 694. The molecule has 0 spiro atoms. The number of thiophene rings is 1. The van der Waals surface area contributed by atoms with Crippen molar-refractivity contribution in [3.8, 4) is 0 Å². The van der Waals surface area contributed by atoms with E-state index in [-0.39, 0.29) is 17.9 Å². The molecule has 1 saturated heterocycles. The standard InChI is InChI=1S/C18H20N2O3S/c21-17(19-8-6-13-7-10-24-12-13)14-3-1-4-15(11-14)20-18(22)16-5-2-9-23-16/h1,3-4,7,10-12,16H,2,5-6,8-9H2,(H,19,21)(H,20,22). The lowest BCUT2D eigenvalue weighted by atomic mass is 10.1. The number of rotatable bonds is 6. The Balaban J connectivity index is 1.53. The van der Waals surface area contributed by atoms with Crippen LogP contribution < -0.4 is 10.6 Å². The lowest BCUT2D eigenvalue weighted by Crippen LogP contribution is -2.28. The van der Waals surface area contributed by atoms with E-state index in [0.717, 1.165) is 19.3 Å². The molecule has 0 saturated carbocycles. The second-order valence-corrected chi connectivity index (χ2v) is 6.49. The second-order valence-electron chi connectivity index (χ2n) is 5.71. The van der Waals surface area contributed by atoms with Crippen molar-refractivity contribution in [2.75, 3.05) is 18.5 Å². The molecule has 24 heavy (non-hydrogen) atoms. The van der Waals surface area contributed by atoms with Crippen LogP contribution in [0.3, 0.4) is 0 Å². The molecule has 6 heteroatoms. The van der Waals surface area contributed by atoms with Crippen LogP contribution >= 0.6 is 11.3 Å². The minimum Gasteiger partial charge on any atom is -0.368 e. The summed E-state index contributed by atoms with van der Waals surface area (Å²) in [7, 11) is 0. The largest absolute Gasteiger partial charge is 0.368 e. The van der Waals surface area contributed by atoms with Gasteiger partial charge in [0.1, 0.15) is 6.10 Å². The molecule has 2 aromatic rings. The van der Waals surface area contributed by atoms with Crippen LogP contribution in [-0.4, -0.2) is 31.1 Å². The molecule has 5 nitrogen and oxygen atoms in total. The van der Waals surface area contributed by atoms with Crippen molar-refractivity contribution in [3.63, 3.8) is 0 Å². The zero-order valence-corrected chi connectivity index (χ0v) is 14.1. The number of benzene rings is 1. The molecule has 0 bridgehead atoms. The molecule has 1 atom stereocenters. The summed E-state index contributed by atoms with van der Waals surface area (Å²) in [5, 5.41) is 9.82. The normalized spacial score (nSPS) is 16.8. The highest BCUT2D eigenvalue weighted by Crippen LogP contribution is 2.16. The lowest BCUT2D eigenvalue weighted by molar-refractivity contribution is -0.124. The summed E-state index contributed by atoms with van der Waals surface area (Å²) in [5.74, 6) is -0.291. The van der Waals surface area contributed by atoms with Gasteiger partial charge in [-0.3, -0.25) is 9.59 Å². The maximum Gasteiger partial charge on any atom is 0.253 e. The van der Waals surface area contributed by atoms with Gasteiger partial charge in [0.2, 0.25) is 0 Å². The van der Waals surface area contributed by atoms with E-state index >= 15 is 0 Å². The first-order valence-electron chi connectivity index (χ1n) is 8.04. The zero-order valence-electron chi connectivity index (χ0n) is 13.3. The molecule has 0 radical (unpaired) electrons. The molecule has 0 aliphatic carbocycles. The monoisotopic (exact) mass is 344 g/mol. The second kappa shape index (κ2) is 8.08. The van der Waals surface area contributed by atoms with E-state index in [0.29, 0.717) is 24.4 Å². The Labute approximate surface area is 145 Å². The van der Waals surface area contributed by atoms with Crippen LogP contribution in [0.2, 0.25) is 0 Å². The van der Waals surface area contributed by atoms with Crippen molar-refractivity contribution >= 4 is 28.8 Å². The molecule has 2 N–H and O–H groups in total. The van der Waals surface area contributed by atoms with E-state index in [2.05, 4.69) is 22.1 Å². The smallest absolute Gasteiger partial charge is 0.253 e. The molecule has 1 aromatic carbocycles. The predicted octanol–water partition coefficient (Wildman–Crippen LogP) is 2.84. The summed E-state index contributed by atoms with van der Waals surface area (Å²) >= 11 is 1.65. The third-order valence-corrected chi connectivity index (χ3v) is 4.63. The Morgan fingerprint density at radius 2 is 2.21 bits per heavy atom. The molecule has 3 rings (SSSR count). The quantitative estimate of drug-likeness (QED) is 0.847. The van der Waals surface area contributed by atoms with Gasteiger partial charge in [0.25, 0.3) is 11.8 Å². The minimum absolute atomic E-state index is 0.140. The van der Waals surface area contributed by atoms with Gasteiger partial charge in [-0.15, -0.1) is 0 Å². The van der Waals surface area contributed by atoms with E-state index in [9.17, 15) is 9.59 Å². The Kier molecular flexibility index (Phi) is 5.61. The summed E-state index contributed by atoms with van der Waals surface area (Å²) < 4.78 is 5.36. The molecule has 1 aromatic heterocycles. The molecule has 126 valence electrons. The Hall–Kier alpha value is -2.18. The fraction of sp³-hybridized carbons (Fsp3) is 0.333. The number of nitrogens with one attached hydrogen (secondary N) is 2. The minimum atomic E-state index is -0.381. The molecule has 2 heterocycles. The molecule has 1 fully saturated rings. The first-order valence-corrected chi connectivity index (χ1v) is 8.98. The highest BCUT2D eigenvalue weighted by atomic mass is 32.1. The summed E-state index contributed by atoms with van der Waals surface area (Å²) in [5.41, 5.74) is 2.37. The van der Waals surface area contributed by atoms with Crippen LogP contribution in [0.5, 0.6) is 0 Å². The van der Waals surface area contributed by atoms with Gasteiger partial charge in [0, 0.05) is 24.4 Å². The topological polar surface area (TPSA) is 67.4 Å². The number of amides is 2. The predicted molar refractivity (Wildman–Crippen MR) is 94.4 cm³/mol.